The molecule has 0 atom stereocenters. The fourth-order valence-corrected chi connectivity index (χ4v) is 3.62. The van der Waals surface area contributed by atoms with E-state index in [1.165, 1.54) is 16.0 Å². The first-order chi connectivity index (χ1) is 9.42. The molecule has 2 aromatic rings. The Labute approximate surface area is 116 Å². The standard InChI is InChI=1S/C15H13N3S/c1-2-7-16-13(4-1)11-5-6-12-14(10-11)19-18-9-3-8-17-15(12)18/h1-2,4-7,10H,3,8-9H2. The molecule has 0 N–H and O–H groups in total. The monoisotopic (exact) mass is 267 g/mol. The van der Waals surface area contributed by atoms with Gasteiger partial charge in [-0.1, -0.05) is 12.1 Å². The van der Waals surface area contributed by atoms with Gasteiger partial charge in [0.15, 0.2) is 0 Å². The Morgan fingerprint density at radius 2 is 2.16 bits per heavy atom. The number of aromatic nitrogens is 1. The average molecular weight is 267 g/mol. The minimum atomic E-state index is 0.952. The van der Waals surface area contributed by atoms with Gasteiger partial charge in [-0.3, -0.25) is 14.3 Å². The number of hydrogen-bond donors (Lipinski definition) is 0. The largest absolute Gasteiger partial charge is 0.296 e. The summed E-state index contributed by atoms with van der Waals surface area (Å²) in [5, 5.41) is 0. The molecule has 19 heavy (non-hydrogen) atoms. The van der Waals surface area contributed by atoms with Gasteiger partial charge in [-0.05, 0) is 42.6 Å². The molecule has 1 aromatic heterocycles. The van der Waals surface area contributed by atoms with Crippen LogP contribution in [0.1, 0.15) is 12.0 Å². The van der Waals surface area contributed by atoms with Gasteiger partial charge in [0.25, 0.3) is 0 Å². The number of hydrogen-bond acceptors (Lipinski definition) is 4. The van der Waals surface area contributed by atoms with Crippen molar-refractivity contribution < 1.29 is 0 Å². The Balaban J connectivity index is 1.78. The highest BCUT2D eigenvalue weighted by Crippen LogP contribution is 2.39. The van der Waals surface area contributed by atoms with Crippen LogP contribution >= 0.6 is 11.9 Å². The summed E-state index contributed by atoms with van der Waals surface area (Å²) in [5.74, 6) is 1.15. The lowest BCUT2D eigenvalue weighted by atomic mass is 10.1. The maximum absolute atomic E-state index is 4.64. The van der Waals surface area contributed by atoms with Crippen molar-refractivity contribution in [2.24, 2.45) is 4.99 Å². The number of rotatable bonds is 1. The summed E-state index contributed by atoms with van der Waals surface area (Å²) in [4.78, 5) is 10.3. The molecule has 1 aromatic carbocycles. The zero-order valence-corrected chi connectivity index (χ0v) is 11.2. The smallest absolute Gasteiger partial charge is 0.142 e. The Hall–Kier alpha value is -1.81. The van der Waals surface area contributed by atoms with Crippen LogP contribution in [0.5, 0.6) is 0 Å². The second-order valence-electron chi connectivity index (χ2n) is 4.68. The van der Waals surface area contributed by atoms with E-state index >= 15 is 0 Å². The summed E-state index contributed by atoms with van der Waals surface area (Å²) in [5.41, 5.74) is 3.47. The van der Waals surface area contributed by atoms with Crippen LogP contribution in [0.3, 0.4) is 0 Å². The van der Waals surface area contributed by atoms with Crippen LogP contribution in [0.4, 0.5) is 0 Å². The molecular formula is C15H13N3S. The van der Waals surface area contributed by atoms with E-state index in [1.54, 1.807) is 11.9 Å². The van der Waals surface area contributed by atoms with E-state index in [0.717, 1.165) is 31.0 Å². The van der Waals surface area contributed by atoms with E-state index in [0.29, 0.717) is 0 Å². The number of nitrogens with zero attached hydrogens (tertiary/aromatic N) is 3. The van der Waals surface area contributed by atoms with Crippen molar-refractivity contribution in [3.05, 3.63) is 48.2 Å². The van der Waals surface area contributed by atoms with Crippen molar-refractivity contribution in [2.45, 2.75) is 11.3 Å². The first kappa shape index (κ1) is 11.1. The van der Waals surface area contributed by atoms with Crippen LogP contribution < -0.4 is 0 Å². The molecule has 94 valence electrons. The van der Waals surface area contributed by atoms with Gasteiger partial charge in [0, 0.05) is 35.3 Å². The summed E-state index contributed by atoms with van der Waals surface area (Å²) in [6, 6.07) is 12.6. The van der Waals surface area contributed by atoms with E-state index in [4.69, 9.17) is 0 Å². The molecule has 0 saturated heterocycles. The minimum Gasteiger partial charge on any atom is -0.296 e. The lowest BCUT2D eigenvalue weighted by molar-refractivity contribution is 0.603. The Kier molecular flexibility index (Phi) is 2.55. The number of amidine groups is 1. The molecule has 0 amide bonds. The minimum absolute atomic E-state index is 0.952. The van der Waals surface area contributed by atoms with E-state index in [2.05, 4.69) is 32.5 Å². The van der Waals surface area contributed by atoms with Gasteiger partial charge in [-0.15, -0.1) is 0 Å². The van der Waals surface area contributed by atoms with Gasteiger partial charge in [0.1, 0.15) is 5.84 Å². The molecule has 3 nitrogen and oxygen atoms in total. The van der Waals surface area contributed by atoms with Gasteiger partial charge in [0.05, 0.1) is 5.69 Å². The summed E-state index contributed by atoms with van der Waals surface area (Å²) in [6.45, 7) is 2.05. The fourth-order valence-electron chi connectivity index (χ4n) is 2.49. The summed E-state index contributed by atoms with van der Waals surface area (Å²) in [7, 11) is 0. The molecule has 4 rings (SSSR count). The third-order valence-corrected chi connectivity index (χ3v) is 4.52. The third kappa shape index (κ3) is 1.83. The van der Waals surface area contributed by atoms with Crippen LogP contribution in [0, 0.1) is 0 Å². The van der Waals surface area contributed by atoms with Gasteiger partial charge >= 0.3 is 0 Å². The molecule has 0 aliphatic carbocycles. The molecule has 0 bridgehead atoms. The lowest BCUT2D eigenvalue weighted by Gasteiger charge is -2.20. The molecule has 4 heteroatoms. The number of pyridine rings is 1. The van der Waals surface area contributed by atoms with Crippen LogP contribution in [-0.2, 0) is 0 Å². The first-order valence-electron chi connectivity index (χ1n) is 6.47. The van der Waals surface area contributed by atoms with Crippen LogP contribution in [-0.4, -0.2) is 28.2 Å². The predicted molar refractivity (Wildman–Crippen MR) is 78.3 cm³/mol. The SMILES string of the molecule is c1ccc(-c2ccc3c(c2)SN2CCCN=C32)nc1. The lowest BCUT2D eigenvalue weighted by Crippen LogP contribution is -2.26. The molecule has 0 saturated carbocycles. The van der Waals surface area contributed by atoms with E-state index in [9.17, 15) is 0 Å². The first-order valence-corrected chi connectivity index (χ1v) is 7.25. The maximum atomic E-state index is 4.64. The second-order valence-corrected chi connectivity index (χ2v) is 5.74. The van der Waals surface area contributed by atoms with Gasteiger partial charge in [-0.2, -0.15) is 0 Å². The molecule has 0 radical (unpaired) electrons. The summed E-state index contributed by atoms with van der Waals surface area (Å²) >= 11 is 1.80. The molecular weight excluding hydrogens is 254 g/mol. The van der Waals surface area contributed by atoms with E-state index < -0.39 is 0 Å². The Bertz CT molecular complexity index is 652. The van der Waals surface area contributed by atoms with Gasteiger partial charge in [-0.25, -0.2) is 0 Å². The van der Waals surface area contributed by atoms with Crippen molar-refractivity contribution in [1.29, 1.82) is 0 Å². The normalized spacial score (nSPS) is 16.8. The van der Waals surface area contributed by atoms with Crippen LogP contribution in [0.25, 0.3) is 11.3 Å². The van der Waals surface area contributed by atoms with Crippen molar-refractivity contribution in [3.8, 4) is 11.3 Å². The Morgan fingerprint density at radius 1 is 1.16 bits per heavy atom. The van der Waals surface area contributed by atoms with Gasteiger partial charge < -0.3 is 0 Å². The quantitative estimate of drug-likeness (QED) is 0.743. The summed E-state index contributed by atoms with van der Waals surface area (Å²) < 4.78 is 2.30. The molecule has 2 aliphatic rings. The van der Waals surface area contributed by atoms with Crippen molar-refractivity contribution >= 4 is 17.8 Å². The molecule has 0 spiro atoms. The van der Waals surface area contributed by atoms with Crippen LogP contribution in [0.2, 0.25) is 0 Å². The molecule has 2 aliphatic heterocycles. The maximum Gasteiger partial charge on any atom is 0.142 e. The highest BCUT2D eigenvalue weighted by atomic mass is 32.2. The number of fused-ring (bicyclic) bond motifs is 3. The topological polar surface area (TPSA) is 28.5 Å². The number of benzene rings is 1. The zero-order chi connectivity index (χ0) is 12.7. The second kappa shape index (κ2) is 4.38. The molecule has 0 fully saturated rings. The van der Waals surface area contributed by atoms with Crippen molar-refractivity contribution in [3.63, 3.8) is 0 Å². The van der Waals surface area contributed by atoms with E-state index in [-0.39, 0.29) is 0 Å². The van der Waals surface area contributed by atoms with Crippen molar-refractivity contribution in [1.82, 2.24) is 9.29 Å². The zero-order valence-electron chi connectivity index (χ0n) is 10.4. The average Bonchev–Trinajstić information content (AvgIpc) is 2.86. The number of aliphatic imine (C=N–C) groups is 1. The van der Waals surface area contributed by atoms with E-state index in [1.807, 2.05) is 24.4 Å². The fraction of sp³-hybridized carbons (Fsp3) is 0.200. The van der Waals surface area contributed by atoms with Gasteiger partial charge in [0.2, 0.25) is 0 Å². The predicted octanol–water partition coefficient (Wildman–Crippen LogP) is 3.22. The highest BCUT2D eigenvalue weighted by molar-refractivity contribution is 7.98. The Morgan fingerprint density at radius 3 is 3.05 bits per heavy atom. The third-order valence-electron chi connectivity index (χ3n) is 3.41. The van der Waals surface area contributed by atoms with Crippen LogP contribution in [0.15, 0.2) is 52.5 Å². The molecule has 3 heterocycles. The summed E-state index contributed by atoms with van der Waals surface area (Å²) in [6.07, 6.45) is 2.99. The van der Waals surface area contributed by atoms with Crippen molar-refractivity contribution in [2.75, 3.05) is 13.1 Å². The highest BCUT2D eigenvalue weighted by Gasteiger charge is 2.28. The molecule has 0 unspecified atom stereocenters.